The molecule has 0 atom stereocenters. The largest absolute Gasteiger partial charge is 0.382 e. The molecule has 1 aliphatic rings. The summed E-state index contributed by atoms with van der Waals surface area (Å²) in [4.78, 5) is 9.18. The number of hydrogen-bond acceptors (Lipinski definition) is 6. The maximum Gasteiger partial charge on any atom is 0.152 e. The maximum atomic E-state index is 6.40. The number of nitrogens with two attached hydrogens (primary N) is 1. The van der Waals surface area contributed by atoms with Crippen molar-refractivity contribution in [3.8, 4) is 11.3 Å². The Kier molecular flexibility index (Phi) is 7.27. The van der Waals surface area contributed by atoms with E-state index in [9.17, 15) is 0 Å². The Labute approximate surface area is 234 Å². The monoisotopic (exact) mass is 530 g/mol. The van der Waals surface area contributed by atoms with Crippen LogP contribution < -0.4 is 5.73 Å². The minimum absolute atomic E-state index is 0.422. The summed E-state index contributed by atoms with van der Waals surface area (Å²) < 4.78 is 3.81. The molecule has 1 aliphatic heterocycles. The van der Waals surface area contributed by atoms with Gasteiger partial charge in [0.1, 0.15) is 11.8 Å². The summed E-state index contributed by atoms with van der Waals surface area (Å²) in [5, 5.41) is 9.33. The zero-order valence-electron chi connectivity index (χ0n) is 22.8. The van der Waals surface area contributed by atoms with Crippen LogP contribution in [-0.4, -0.2) is 67.4 Å². The van der Waals surface area contributed by atoms with Crippen molar-refractivity contribution in [1.82, 2.24) is 34.2 Å². The third-order valence-electron chi connectivity index (χ3n) is 7.52. The number of hydrogen-bond donors (Lipinski definition) is 1. The highest BCUT2D eigenvalue weighted by atomic mass is 15.3. The van der Waals surface area contributed by atoms with Gasteiger partial charge >= 0.3 is 0 Å². The molecule has 1 fully saturated rings. The second-order valence-electron chi connectivity index (χ2n) is 10.4. The molecule has 8 heteroatoms. The van der Waals surface area contributed by atoms with Gasteiger partial charge < -0.3 is 10.6 Å². The molecule has 0 spiro atoms. The minimum Gasteiger partial charge on any atom is -0.382 e. The van der Waals surface area contributed by atoms with E-state index in [0.29, 0.717) is 12.4 Å². The summed E-state index contributed by atoms with van der Waals surface area (Å²) >= 11 is 0. The molecule has 40 heavy (non-hydrogen) atoms. The van der Waals surface area contributed by atoms with E-state index in [1.165, 1.54) is 17.5 Å². The number of aromatic nitrogens is 5. The zero-order valence-corrected chi connectivity index (χ0v) is 22.8. The molecule has 0 bridgehead atoms. The number of anilines is 1. The van der Waals surface area contributed by atoms with E-state index in [1.54, 1.807) is 0 Å². The van der Waals surface area contributed by atoms with Crippen molar-refractivity contribution in [1.29, 1.82) is 0 Å². The lowest BCUT2D eigenvalue weighted by Crippen LogP contribution is -2.43. The van der Waals surface area contributed by atoms with Gasteiger partial charge in [-0.1, -0.05) is 67.3 Å². The molecular weight excluding hydrogens is 496 g/mol. The van der Waals surface area contributed by atoms with Gasteiger partial charge in [0.15, 0.2) is 5.82 Å². The Morgan fingerprint density at radius 1 is 0.950 bits per heavy atom. The zero-order chi connectivity index (χ0) is 27.5. The van der Waals surface area contributed by atoms with Gasteiger partial charge in [-0.25, -0.2) is 9.50 Å². The second kappa shape index (κ2) is 11.3. The van der Waals surface area contributed by atoms with Crippen LogP contribution in [0.1, 0.15) is 22.4 Å². The molecule has 6 rings (SSSR count). The molecule has 8 nitrogen and oxygen atoms in total. The standard InChI is InChI=1S/C32H34N8/c1-3-26(19-28-13-14-39(36-28)22-24-7-5-4-6-8-24)29-20-30(40-31(29)32(33)34-23-35-40)27-11-9-25(10-12-27)21-38-17-15-37(2)16-18-38/h3-14,19-20,23H,1,15-18,21-22H2,2H3,(H2,33,34,35)/b26-19+. The summed E-state index contributed by atoms with van der Waals surface area (Å²) in [5.41, 5.74) is 14.4. The van der Waals surface area contributed by atoms with Gasteiger partial charge in [0.25, 0.3) is 0 Å². The Morgan fingerprint density at radius 2 is 1.70 bits per heavy atom. The highest BCUT2D eigenvalue weighted by Gasteiger charge is 2.18. The summed E-state index contributed by atoms with van der Waals surface area (Å²) in [7, 11) is 2.18. The number of allylic oxidation sites excluding steroid dienone is 2. The summed E-state index contributed by atoms with van der Waals surface area (Å²) in [6, 6.07) is 23.2. The second-order valence-corrected chi connectivity index (χ2v) is 10.4. The molecule has 0 saturated carbocycles. The van der Waals surface area contributed by atoms with Crippen LogP contribution in [0.2, 0.25) is 0 Å². The first-order chi connectivity index (χ1) is 19.6. The van der Waals surface area contributed by atoms with Crippen molar-refractivity contribution in [2.75, 3.05) is 39.0 Å². The lowest BCUT2D eigenvalue weighted by atomic mass is 10.0. The summed E-state index contributed by atoms with van der Waals surface area (Å²) in [6.07, 6.45) is 7.35. The van der Waals surface area contributed by atoms with Crippen LogP contribution in [0.3, 0.4) is 0 Å². The predicted molar refractivity (Wildman–Crippen MR) is 161 cm³/mol. The summed E-state index contributed by atoms with van der Waals surface area (Å²) in [5.74, 6) is 0.422. The Morgan fingerprint density at radius 3 is 2.45 bits per heavy atom. The van der Waals surface area contributed by atoms with E-state index in [0.717, 1.165) is 66.3 Å². The average Bonchev–Trinajstić information content (AvgIpc) is 3.59. The molecule has 202 valence electrons. The number of piperazine rings is 1. The third-order valence-corrected chi connectivity index (χ3v) is 7.52. The Bertz CT molecular complexity index is 1640. The number of nitrogens with zero attached hydrogens (tertiary/aromatic N) is 7. The SMILES string of the molecule is C=C/C(=C\c1ccn(Cc2ccccc2)n1)c1cc(-c2ccc(CN3CCN(C)CC3)cc2)n2ncnc(N)c12. The number of benzene rings is 2. The van der Waals surface area contributed by atoms with Crippen LogP contribution >= 0.6 is 0 Å². The quantitative estimate of drug-likeness (QED) is 0.293. The molecule has 0 unspecified atom stereocenters. The molecule has 5 aromatic rings. The first kappa shape index (κ1) is 25.7. The average molecular weight is 531 g/mol. The fourth-order valence-corrected chi connectivity index (χ4v) is 5.26. The maximum absolute atomic E-state index is 6.40. The van der Waals surface area contributed by atoms with E-state index >= 15 is 0 Å². The first-order valence-corrected chi connectivity index (χ1v) is 13.6. The molecule has 4 heterocycles. The molecule has 0 amide bonds. The Balaban J connectivity index is 1.30. The molecular formula is C32H34N8. The van der Waals surface area contributed by atoms with Crippen molar-refractivity contribution < 1.29 is 0 Å². The van der Waals surface area contributed by atoms with Gasteiger partial charge in [-0.2, -0.15) is 10.2 Å². The lowest BCUT2D eigenvalue weighted by molar-refractivity contribution is 0.148. The van der Waals surface area contributed by atoms with Crippen LogP contribution in [-0.2, 0) is 13.1 Å². The first-order valence-electron chi connectivity index (χ1n) is 13.6. The van der Waals surface area contributed by atoms with Crippen molar-refractivity contribution >= 4 is 23.0 Å². The van der Waals surface area contributed by atoms with E-state index in [2.05, 4.69) is 76.0 Å². The molecule has 2 N–H and O–H groups in total. The van der Waals surface area contributed by atoms with Crippen LogP contribution in [0.25, 0.3) is 28.4 Å². The number of nitrogen functional groups attached to an aromatic ring is 1. The van der Waals surface area contributed by atoms with Gasteiger partial charge in [0, 0.05) is 50.0 Å². The number of fused-ring (bicyclic) bond motifs is 1. The molecule has 3 aromatic heterocycles. The molecule has 1 saturated heterocycles. The van der Waals surface area contributed by atoms with Crippen molar-refractivity contribution in [3.05, 3.63) is 114 Å². The van der Waals surface area contributed by atoms with E-state index in [-0.39, 0.29) is 0 Å². The van der Waals surface area contributed by atoms with Gasteiger partial charge in [-0.15, -0.1) is 0 Å². The lowest BCUT2D eigenvalue weighted by Gasteiger charge is -2.32. The third kappa shape index (κ3) is 5.45. The molecule has 0 aliphatic carbocycles. The fraction of sp³-hybridized carbons (Fsp3) is 0.219. The van der Waals surface area contributed by atoms with Crippen LogP contribution in [0, 0.1) is 0 Å². The molecule has 2 aromatic carbocycles. The van der Waals surface area contributed by atoms with Gasteiger partial charge in [-0.05, 0) is 42.0 Å². The van der Waals surface area contributed by atoms with Crippen LogP contribution in [0.4, 0.5) is 5.82 Å². The number of likely N-dealkylation sites (N-methyl/N-ethyl adjacent to an activating group) is 1. The highest BCUT2D eigenvalue weighted by molar-refractivity contribution is 5.97. The van der Waals surface area contributed by atoms with Gasteiger partial charge in [0.05, 0.1) is 17.9 Å². The van der Waals surface area contributed by atoms with E-state index in [1.807, 2.05) is 51.8 Å². The molecule has 0 radical (unpaired) electrons. The van der Waals surface area contributed by atoms with Crippen LogP contribution in [0.15, 0.2) is 91.9 Å². The normalized spacial score (nSPS) is 15.1. The number of rotatable bonds is 8. The van der Waals surface area contributed by atoms with Crippen molar-refractivity contribution in [3.63, 3.8) is 0 Å². The minimum atomic E-state index is 0.422. The van der Waals surface area contributed by atoms with E-state index in [4.69, 9.17) is 10.8 Å². The Hall–Kier alpha value is -4.53. The van der Waals surface area contributed by atoms with Crippen molar-refractivity contribution in [2.24, 2.45) is 0 Å². The van der Waals surface area contributed by atoms with E-state index < -0.39 is 0 Å². The topological polar surface area (TPSA) is 80.5 Å². The van der Waals surface area contributed by atoms with Crippen molar-refractivity contribution in [2.45, 2.75) is 13.1 Å². The predicted octanol–water partition coefficient (Wildman–Crippen LogP) is 4.70. The van der Waals surface area contributed by atoms with Crippen LogP contribution in [0.5, 0.6) is 0 Å². The highest BCUT2D eigenvalue weighted by Crippen LogP contribution is 2.33. The van der Waals surface area contributed by atoms with Gasteiger partial charge in [0.2, 0.25) is 0 Å². The fourth-order valence-electron chi connectivity index (χ4n) is 5.26. The van der Waals surface area contributed by atoms with Gasteiger partial charge in [-0.3, -0.25) is 9.58 Å². The smallest absolute Gasteiger partial charge is 0.152 e. The summed E-state index contributed by atoms with van der Waals surface area (Å²) in [6.45, 7) is 10.2.